The predicted molar refractivity (Wildman–Crippen MR) is 93.8 cm³/mol. The Balaban J connectivity index is 2.10. The van der Waals surface area contributed by atoms with Crippen molar-refractivity contribution in [1.29, 1.82) is 0 Å². The molecule has 1 saturated heterocycles. The van der Waals surface area contributed by atoms with E-state index in [0.717, 1.165) is 18.4 Å². The quantitative estimate of drug-likeness (QED) is 0.838. The van der Waals surface area contributed by atoms with Crippen molar-refractivity contribution in [3.05, 3.63) is 35.4 Å². The highest BCUT2D eigenvalue weighted by Gasteiger charge is 2.34. The number of nitrogens with zero attached hydrogens (tertiary/aromatic N) is 1. The van der Waals surface area contributed by atoms with Crippen LogP contribution >= 0.6 is 0 Å². The van der Waals surface area contributed by atoms with Gasteiger partial charge >= 0.3 is 0 Å². The summed E-state index contributed by atoms with van der Waals surface area (Å²) in [6.07, 6.45) is 2.92. The van der Waals surface area contributed by atoms with E-state index < -0.39 is 5.60 Å². The van der Waals surface area contributed by atoms with Crippen molar-refractivity contribution in [1.82, 2.24) is 10.2 Å². The van der Waals surface area contributed by atoms with Crippen molar-refractivity contribution in [3.63, 3.8) is 0 Å². The number of carbonyl (C=O) groups is 2. The van der Waals surface area contributed by atoms with E-state index in [1.165, 1.54) is 0 Å². The van der Waals surface area contributed by atoms with Crippen molar-refractivity contribution < 1.29 is 14.7 Å². The molecule has 5 heteroatoms. The number of hydrogen-bond acceptors (Lipinski definition) is 3. The third-order valence-electron chi connectivity index (χ3n) is 4.37. The first-order valence-electron chi connectivity index (χ1n) is 8.72. The number of amides is 2. The van der Waals surface area contributed by atoms with Gasteiger partial charge in [0.2, 0.25) is 5.91 Å². The lowest BCUT2D eigenvalue weighted by Gasteiger charge is -2.24. The second-order valence-electron chi connectivity index (χ2n) is 7.06. The average molecular weight is 332 g/mol. The largest absolute Gasteiger partial charge is 0.390 e. The highest BCUT2D eigenvalue weighted by atomic mass is 16.3. The number of benzene rings is 1. The first kappa shape index (κ1) is 18.5. The van der Waals surface area contributed by atoms with E-state index >= 15 is 0 Å². The molecule has 0 bridgehead atoms. The van der Waals surface area contributed by atoms with Crippen LogP contribution in [0.2, 0.25) is 0 Å². The predicted octanol–water partition coefficient (Wildman–Crippen LogP) is 2.13. The van der Waals surface area contributed by atoms with Gasteiger partial charge in [-0.25, -0.2) is 0 Å². The van der Waals surface area contributed by atoms with Gasteiger partial charge in [0, 0.05) is 18.7 Å². The van der Waals surface area contributed by atoms with Crippen LogP contribution in [-0.4, -0.2) is 46.6 Å². The van der Waals surface area contributed by atoms with Gasteiger partial charge in [-0.05, 0) is 64.2 Å². The smallest absolute Gasteiger partial charge is 0.254 e. The fourth-order valence-corrected chi connectivity index (χ4v) is 3.05. The molecule has 0 radical (unpaired) electrons. The number of carbonyl (C=O) groups excluding carboxylic acids is 2. The fraction of sp³-hybridized carbons (Fsp3) is 0.579. The second-order valence-corrected chi connectivity index (χ2v) is 7.06. The monoisotopic (exact) mass is 332 g/mol. The van der Waals surface area contributed by atoms with E-state index in [1.54, 1.807) is 24.8 Å². The van der Waals surface area contributed by atoms with Crippen molar-refractivity contribution in [2.45, 2.75) is 58.1 Å². The number of likely N-dealkylation sites (tertiary alicyclic amines) is 1. The fourth-order valence-electron chi connectivity index (χ4n) is 3.05. The summed E-state index contributed by atoms with van der Waals surface area (Å²) >= 11 is 0. The molecule has 1 aromatic carbocycles. The summed E-state index contributed by atoms with van der Waals surface area (Å²) in [5.41, 5.74) is 0.911. The molecule has 1 aliphatic heterocycles. The number of rotatable bonds is 6. The standard InChI is InChI=1S/C19H28N2O3/c1-4-20-17(22)16-9-6-12-21(16)18(23)15-8-5-7-14(13-15)10-11-19(2,3)24/h5,7-8,13,16,24H,4,6,9-12H2,1-3H3,(H,20,22). The third kappa shape index (κ3) is 4.81. The van der Waals surface area contributed by atoms with Gasteiger partial charge in [-0.2, -0.15) is 0 Å². The molecule has 0 spiro atoms. The molecule has 2 amide bonds. The normalized spacial score (nSPS) is 17.8. The maximum Gasteiger partial charge on any atom is 0.254 e. The Morgan fingerprint density at radius 3 is 2.79 bits per heavy atom. The van der Waals surface area contributed by atoms with Crippen LogP contribution in [0.4, 0.5) is 0 Å². The van der Waals surface area contributed by atoms with Crippen LogP contribution in [0, 0.1) is 0 Å². The average Bonchev–Trinajstić information content (AvgIpc) is 3.02. The zero-order chi connectivity index (χ0) is 17.7. The molecular weight excluding hydrogens is 304 g/mol. The molecule has 1 fully saturated rings. The SMILES string of the molecule is CCNC(=O)C1CCCN1C(=O)c1cccc(CCC(C)(C)O)c1. The lowest BCUT2D eigenvalue weighted by atomic mass is 9.97. The summed E-state index contributed by atoms with van der Waals surface area (Å²) in [7, 11) is 0. The van der Waals surface area contributed by atoms with Gasteiger partial charge in [-0.15, -0.1) is 0 Å². The molecular formula is C19H28N2O3. The summed E-state index contributed by atoms with van der Waals surface area (Å²) in [6.45, 7) is 6.63. The van der Waals surface area contributed by atoms with Gasteiger partial charge in [0.15, 0.2) is 0 Å². The van der Waals surface area contributed by atoms with E-state index in [4.69, 9.17) is 0 Å². The van der Waals surface area contributed by atoms with Crippen LogP contribution in [-0.2, 0) is 11.2 Å². The first-order chi connectivity index (χ1) is 11.3. The number of aliphatic hydroxyl groups is 1. The van der Waals surface area contributed by atoms with Gasteiger partial charge in [-0.3, -0.25) is 9.59 Å². The molecule has 5 nitrogen and oxygen atoms in total. The van der Waals surface area contributed by atoms with Crippen LogP contribution in [0.15, 0.2) is 24.3 Å². The van der Waals surface area contributed by atoms with Gasteiger partial charge in [0.25, 0.3) is 5.91 Å². The van der Waals surface area contributed by atoms with Crippen LogP contribution in [0.1, 0.15) is 56.0 Å². The Morgan fingerprint density at radius 2 is 2.12 bits per heavy atom. The minimum absolute atomic E-state index is 0.0680. The third-order valence-corrected chi connectivity index (χ3v) is 4.37. The zero-order valence-corrected chi connectivity index (χ0v) is 14.8. The van der Waals surface area contributed by atoms with Crippen LogP contribution < -0.4 is 5.32 Å². The van der Waals surface area contributed by atoms with E-state index in [2.05, 4.69) is 5.32 Å². The molecule has 0 aliphatic carbocycles. The van der Waals surface area contributed by atoms with E-state index in [-0.39, 0.29) is 17.9 Å². The summed E-state index contributed by atoms with van der Waals surface area (Å²) in [5.74, 6) is -0.157. The topological polar surface area (TPSA) is 69.6 Å². The minimum Gasteiger partial charge on any atom is -0.390 e. The van der Waals surface area contributed by atoms with E-state index in [9.17, 15) is 14.7 Å². The summed E-state index contributed by atoms with van der Waals surface area (Å²) in [4.78, 5) is 26.6. The van der Waals surface area contributed by atoms with Crippen molar-refractivity contribution in [2.24, 2.45) is 0 Å². The molecule has 2 N–H and O–H groups in total. The summed E-state index contributed by atoms with van der Waals surface area (Å²) in [6, 6.07) is 7.14. The lowest BCUT2D eigenvalue weighted by Crippen LogP contribution is -2.45. The van der Waals surface area contributed by atoms with Crippen molar-refractivity contribution in [2.75, 3.05) is 13.1 Å². The molecule has 1 aliphatic rings. The molecule has 1 atom stereocenters. The van der Waals surface area contributed by atoms with Crippen LogP contribution in [0.25, 0.3) is 0 Å². The van der Waals surface area contributed by atoms with E-state index in [1.807, 2.05) is 25.1 Å². The van der Waals surface area contributed by atoms with Gasteiger partial charge in [0.05, 0.1) is 5.60 Å². The number of aryl methyl sites for hydroxylation is 1. The van der Waals surface area contributed by atoms with Crippen LogP contribution in [0.5, 0.6) is 0 Å². The molecule has 0 saturated carbocycles. The van der Waals surface area contributed by atoms with Gasteiger partial charge < -0.3 is 15.3 Å². The van der Waals surface area contributed by atoms with Gasteiger partial charge in [0.1, 0.15) is 6.04 Å². The number of likely N-dealkylation sites (N-methyl/N-ethyl adjacent to an activating group) is 1. The zero-order valence-electron chi connectivity index (χ0n) is 14.8. The van der Waals surface area contributed by atoms with E-state index in [0.29, 0.717) is 31.5 Å². The molecule has 24 heavy (non-hydrogen) atoms. The Bertz CT molecular complexity index is 593. The maximum absolute atomic E-state index is 12.8. The summed E-state index contributed by atoms with van der Waals surface area (Å²) < 4.78 is 0. The molecule has 0 aromatic heterocycles. The molecule has 1 aromatic rings. The molecule has 2 rings (SSSR count). The van der Waals surface area contributed by atoms with Crippen LogP contribution in [0.3, 0.4) is 0 Å². The number of nitrogens with one attached hydrogen (secondary N) is 1. The Hall–Kier alpha value is -1.88. The first-order valence-corrected chi connectivity index (χ1v) is 8.72. The molecule has 1 heterocycles. The Kier molecular flexibility index (Phi) is 5.99. The second kappa shape index (κ2) is 7.79. The summed E-state index contributed by atoms with van der Waals surface area (Å²) in [5, 5.41) is 12.7. The van der Waals surface area contributed by atoms with Crippen molar-refractivity contribution >= 4 is 11.8 Å². The molecule has 132 valence electrons. The number of hydrogen-bond donors (Lipinski definition) is 2. The van der Waals surface area contributed by atoms with Crippen molar-refractivity contribution in [3.8, 4) is 0 Å². The highest BCUT2D eigenvalue weighted by Crippen LogP contribution is 2.21. The Morgan fingerprint density at radius 1 is 1.38 bits per heavy atom. The highest BCUT2D eigenvalue weighted by molar-refractivity contribution is 5.98. The lowest BCUT2D eigenvalue weighted by molar-refractivity contribution is -0.124. The Labute approximate surface area is 144 Å². The minimum atomic E-state index is -0.724. The molecule has 1 unspecified atom stereocenters. The maximum atomic E-state index is 12.8. The van der Waals surface area contributed by atoms with Gasteiger partial charge in [-0.1, -0.05) is 12.1 Å².